The van der Waals surface area contributed by atoms with Crippen LogP contribution in [0.5, 0.6) is 0 Å². The van der Waals surface area contributed by atoms with E-state index in [9.17, 15) is 19.2 Å². The van der Waals surface area contributed by atoms with Gasteiger partial charge >= 0.3 is 44.9 Å². The van der Waals surface area contributed by atoms with Crippen molar-refractivity contribution in [2.75, 3.05) is 28.4 Å². The average molecular weight is 738 g/mol. The van der Waals surface area contributed by atoms with E-state index in [2.05, 4.69) is 18.9 Å². The Hall–Kier alpha value is 0.408. The number of hydrogen-bond acceptors (Lipinski definition) is 16. The summed E-state index contributed by atoms with van der Waals surface area (Å²) in [7, 11) is 4.63. The van der Waals surface area contributed by atoms with Gasteiger partial charge in [0.25, 0.3) is 0 Å². The molecule has 0 N–H and O–H groups in total. The summed E-state index contributed by atoms with van der Waals surface area (Å²) in [6, 6.07) is 0. The SMILES string of the molecule is COC(=O)C1OP(=S)([S-])OC1C(=O)OC.COC(=O)C1OP(=S)([S-])OC1C(=O)OC.[Pt+2]. The number of esters is 4. The monoisotopic (exact) mass is 737 g/mol. The molecule has 0 aromatic rings. The molecule has 31 heavy (non-hydrogen) atoms. The van der Waals surface area contributed by atoms with Crippen molar-refractivity contribution >= 4 is 83.4 Å². The molecule has 0 bridgehead atoms. The van der Waals surface area contributed by atoms with E-state index in [1.807, 2.05) is 0 Å². The van der Waals surface area contributed by atoms with E-state index in [0.29, 0.717) is 0 Å². The first-order valence-electron chi connectivity index (χ1n) is 7.49. The molecule has 0 amide bonds. The Balaban J connectivity index is 0.000000562. The van der Waals surface area contributed by atoms with Crippen molar-refractivity contribution in [3.63, 3.8) is 0 Å². The third kappa shape index (κ3) is 8.93. The van der Waals surface area contributed by atoms with E-state index in [4.69, 9.17) is 66.2 Å². The van der Waals surface area contributed by atoms with Crippen LogP contribution in [0.1, 0.15) is 0 Å². The second-order valence-corrected chi connectivity index (χ2v) is 14.9. The van der Waals surface area contributed by atoms with E-state index < -0.39 is 59.7 Å². The molecule has 2 aliphatic heterocycles. The molecular weight excluding hydrogens is 721 g/mol. The fraction of sp³-hybridized carbons (Fsp3) is 0.667. The Morgan fingerprint density at radius 2 is 0.774 bits per heavy atom. The van der Waals surface area contributed by atoms with Crippen LogP contribution in [0.4, 0.5) is 0 Å². The van der Waals surface area contributed by atoms with Crippen molar-refractivity contribution in [1.29, 1.82) is 0 Å². The van der Waals surface area contributed by atoms with Gasteiger partial charge in [-0.1, -0.05) is 23.6 Å². The maximum atomic E-state index is 11.2. The summed E-state index contributed by atoms with van der Waals surface area (Å²) in [4.78, 5) is 44.9. The average Bonchev–Trinajstić information content (AvgIpc) is 3.21. The van der Waals surface area contributed by atoms with Gasteiger partial charge in [-0.3, -0.25) is 0 Å². The first-order chi connectivity index (χ1) is 13.8. The van der Waals surface area contributed by atoms with Crippen LogP contribution in [0.2, 0.25) is 0 Å². The summed E-state index contributed by atoms with van der Waals surface area (Å²) < 4.78 is 37.6. The smallest absolute Gasteiger partial charge is 0.691 e. The second kappa shape index (κ2) is 13.3. The van der Waals surface area contributed by atoms with Crippen LogP contribution in [-0.4, -0.2) is 76.7 Å². The molecule has 180 valence electrons. The topological polar surface area (TPSA) is 142 Å². The summed E-state index contributed by atoms with van der Waals surface area (Å²) in [5, 5.41) is 0. The van der Waals surface area contributed by atoms with Crippen LogP contribution < -0.4 is 0 Å². The minimum Gasteiger partial charge on any atom is -0.691 e. The van der Waals surface area contributed by atoms with Gasteiger partial charge < -0.3 is 61.5 Å². The van der Waals surface area contributed by atoms with E-state index in [1.54, 1.807) is 0 Å². The second-order valence-electron chi connectivity index (χ2n) is 5.09. The predicted molar refractivity (Wildman–Crippen MR) is 111 cm³/mol. The van der Waals surface area contributed by atoms with Gasteiger partial charge in [-0.25, -0.2) is 19.2 Å². The van der Waals surface area contributed by atoms with Crippen LogP contribution in [0.3, 0.4) is 0 Å². The van der Waals surface area contributed by atoms with Gasteiger partial charge in [0.1, 0.15) is 0 Å². The van der Waals surface area contributed by atoms with Gasteiger partial charge in [0.05, 0.1) is 39.8 Å². The van der Waals surface area contributed by atoms with Gasteiger partial charge in [0.15, 0.2) is 24.4 Å². The van der Waals surface area contributed by atoms with Crippen molar-refractivity contribution in [1.82, 2.24) is 0 Å². The van der Waals surface area contributed by atoms with E-state index >= 15 is 0 Å². The zero-order valence-corrected chi connectivity index (χ0v) is 23.4. The zero-order valence-electron chi connectivity index (χ0n) is 16.1. The molecule has 12 nitrogen and oxygen atoms in total. The zero-order chi connectivity index (χ0) is 23.3. The number of ether oxygens (including phenoxy) is 4. The number of rotatable bonds is 4. The summed E-state index contributed by atoms with van der Waals surface area (Å²) in [6.45, 7) is 0. The summed E-state index contributed by atoms with van der Waals surface area (Å²) in [5.41, 5.74) is -5.95. The van der Waals surface area contributed by atoms with Gasteiger partial charge in [0, 0.05) is 0 Å². The normalized spacial score (nSPS) is 33.7. The Morgan fingerprint density at radius 3 is 0.903 bits per heavy atom. The van der Waals surface area contributed by atoms with Crippen molar-refractivity contribution in [2.45, 2.75) is 24.4 Å². The Labute approximate surface area is 212 Å². The minimum absolute atomic E-state index is 0. The summed E-state index contributed by atoms with van der Waals surface area (Å²) in [6.07, 6.45) is -4.92. The van der Waals surface area contributed by atoms with Crippen molar-refractivity contribution < 1.29 is 77.3 Å². The third-order valence-electron chi connectivity index (χ3n) is 3.25. The fourth-order valence-corrected chi connectivity index (χ4v) is 6.18. The Bertz CT molecular complexity index is 678. The fourth-order valence-electron chi connectivity index (χ4n) is 1.96. The quantitative estimate of drug-likeness (QED) is 0.162. The predicted octanol–water partition coefficient (Wildman–Crippen LogP) is -0.227. The van der Waals surface area contributed by atoms with Crippen LogP contribution in [0.15, 0.2) is 0 Å². The molecule has 2 saturated heterocycles. The molecule has 0 spiro atoms. The van der Waals surface area contributed by atoms with Gasteiger partial charge in [0.2, 0.25) is 0 Å². The molecule has 0 aromatic carbocycles. The van der Waals surface area contributed by atoms with Crippen LogP contribution >= 0.6 is 11.4 Å². The standard InChI is InChI=1S/2C6H9O6PS2.Pt/c2*1-9-5(7)3-4(6(8)10-2)12-13(14,15)11-3;/h2*3-4H,1-2H3,(H,14,15);/q;;+2/p-2. The molecule has 0 aromatic heterocycles. The van der Waals surface area contributed by atoms with Gasteiger partial charge in [-0.2, -0.15) is 0 Å². The molecule has 0 radical (unpaired) electrons. The number of hydrogen-bond donors (Lipinski definition) is 0. The minimum atomic E-state index is -2.97. The van der Waals surface area contributed by atoms with Crippen LogP contribution in [-0.2, 0) is 125 Å². The van der Waals surface area contributed by atoms with E-state index in [1.165, 1.54) is 0 Å². The van der Waals surface area contributed by atoms with E-state index in [-0.39, 0.29) is 21.1 Å². The Kier molecular flexibility index (Phi) is 13.5. The molecule has 4 unspecified atom stereocenters. The summed E-state index contributed by atoms with van der Waals surface area (Å²) >= 11 is 19.1. The summed E-state index contributed by atoms with van der Waals surface area (Å²) in [5.74, 6) is -3.05. The molecule has 2 aliphatic rings. The van der Waals surface area contributed by atoms with Gasteiger partial charge in [-0.15, -0.1) is 0 Å². The maximum Gasteiger partial charge on any atom is 2.00 e. The molecular formula is C12H16O12P2PtS4. The van der Waals surface area contributed by atoms with E-state index in [0.717, 1.165) is 28.4 Å². The largest absolute Gasteiger partial charge is 2.00 e. The molecule has 2 heterocycles. The number of carbonyl (C=O) groups excluding carboxylic acids is 4. The first kappa shape index (κ1) is 31.4. The molecule has 0 aliphatic carbocycles. The molecule has 2 fully saturated rings. The molecule has 2 rings (SSSR count). The van der Waals surface area contributed by atoms with Crippen LogP contribution in [0.25, 0.3) is 0 Å². The third-order valence-corrected chi connectivity index (χ3v) is 7.26. The van der Waals surface area contributed by atoms with Crippen molar-refractivity contribution in [3.8, 4) is 0 Å². The maximum absolute atomic E-state index is 11.2. The van der Waals surface area contributed by atoms with Crippen molar-refractivity contribution in [2.24, 2.45) is 0 Å². The van der Waals surface area contributed by atoms with Crippen molar-refractivity contribution in [3.05, 3.63) is 0 Å². The Morgan fingerprint density at radius 1 is 0.613 bits per heavy atom. The van der Waals surface area contributed by atoms with Gasteiger partial charge in [-0.05, 0) is 0 Å². The first-order valence-corrected chi connectivity index (χ1v) is 14.8. The van der Waals surface area contributed by atoms with Crippen LogP contribution in [0, 0.1) is 0 Å². The molecule has 0 saturated carbocycles. The number of carbonyl (C=O) groups is 4. The number of methoxy groups -OCH3 is 4. The molecule has 4 atom stereocenters. The molecule has 19 heteroatoms.